The molecule has 2 unspecified atom stereocenters. The summed E-state index contributed by atoms with van der Waals surface area (Å²) in [5, 5.41) is 16.6. The number of aromatic nitrogens is 3. The van der Waals surface area contributed by atoms with Gasteiger partial charge >= 0.3 is 6.03 Å². The van der Waals surface area contributed by atoms with Crippen molar-refractivity contribution < 1.29 is 32.9 Å². The number of hydrogen-bond acceptors (Lipinski definition) is 9. The van der Waals surface area contributed by atoms with Gasteiger partial charge in [-0.1, -0.05) is 64.9 Å². The van der Waals surface area contributed by atoms with Gasteiger partial charge in [0.1, 0.15) is 42.2 Å². The summed E-state index contributed by atoms with van der Waals surface area (Å²) in [7, 11) is 0. The van der Waals surface area contributed by atoms with Crippen LogP contribution in [-0.4, -0.2) is 94.3 Å². The Labute approximate surface area is 359 Å². The Balaban J connectivity index is 0.943. The maximum atomic E-state index is 15.0. The molecule has 7 rings (SSSR count). The molecule has 0 saturated carbocycles. The number of anilines is 3. The number of nitrogens with zero attached hydrogens (tertiary/aromatic N) is 7. The van der Waals surface area contributed by atoms with Gasteiger partial charge in [0.15, 0.2) is 12.0 Å². The number of carbonyl (C=O) groups excluding carboxylic acids is 1. The van der Waals surface area contributed by atoms with Crippen LogP contribution in [0.3, 0.4) is 0 Å². The molecule has 4 atom stereocenters. The number of urea groups is 1. The fourth-order valence-corrected chi connectivity index (χ4v) is 9.30. The number of amides is 2. The van der Waals surface area contributed by atoms with Crippen LogP contribution in [-0.2, 0) is 21.6 Å². The molecule has 0 aliphatic carbocycles. The molecule has 2 amide bonds. The van der Waals surface area contributed by atoms with Crippen molar-refractivity contribution in [2.45, 2.75) is 128 Å². The first-order chi connectivity index (χ1) is 29.5. The van der Waals surface area contributed by atoms with Gasteiger partial charge in [-0.2, -0.15) is 5.10 Å². The van der Waals surface area contributed by atoms with Crippen LogP contribution >= 0.6 is 0 Å². The molecule has 3 aromatic carbocycles. The average molecular weight is 844 g/mol. The average Bonchev–Trinajstić information content (AvgIpc) is 3.98. The highest BCUT2D eigenvalue weighted by molar-refractivity contribution is 5.96. The molecule has 3 aliphatic heterocycles. The molecule has 61 heavy (non-hydrogen) atoms. The Kier molecular flexibility index (Phi) is 14.5. The first kappa shape index (κ1) is 44.3. The highest BCUT2D eigenvalue weighted by atomic mass is 19.1. The van der Waals surface area contributed by atoms with Crippen molar-refractivity contribution in [3.05, 3.63) is 96.6 Å². The van der Waals surface area contributed by atoms with Crippen molar-refractivity contribution in [2.75, 3.05) is 54.1 Å². The van der Waals surface area contributed by atoms with E-state index in [0.717, 1.165) is 107 Å². The fraction of sp³-hybridized carbons (Fsp3) is 0.553. The molecule has 4 aromatic rings. The molecule has 14 heteroatoms. The lowest BCUT2D eigenvalue weighted by Crippen LogP contribution is -2.54. The molecule has 0 bridgehead atoms. The van der Waals surface area contributed by atoms with Gasteiger partial charge < -0.3 is 29.1 Å². The van der Waals surface area contributed by atoms with E-state index in [1.165, 1.54) is 29.5 Å². The number of ether oxygens (including phenoxy) is 3. The number of aliphatic hydroxyl groups is 1. The van der Waals surface area contributed by atoms with Crippen LogP contribution in [0, 0.1) is 11.6 Å². The van der Waals surface area contributed by atoms with Gasteiger partial charge in [0, 0.05) is 60.9 Å². The number of rotatable bonds is 20. The summed E-state index contributed by atoms with van der Waals surface area (Å²) in [6, 6.07) is 19.1. The first-order valence-electron chi connectivity index (χ1n) is 22.3. The van der Waals surface area contributed by atoms with Gasteiger partial charge in [-0.3, -0.25) is 9.80 Å². The zero-order valence-corrected chi connectivity index (χ0v) is 36.2. The molecule has 4 heterocycles. The van der Waals surface area contributed by atoms with Crippen molar-refractivity contribution in [1.82, 2.24) is 19.7 Å². The minimum absolute atomic E-state index is 0.0247. The van der Waals surface area contributed by atoms with Crippen molar-refractivity contribution in [1.29, 1.82) is 0 Å². The van der Waals surface area contributed by atoms with E-state index in [9.17, 15) is 14.3 Å². The third-order valence-corrected chi connectivity index (χ3v) is 12.4. The molecule has 0 radical (unpaired) electrons. The smallest absolute Gasteiger partial charge is 0.327 e. The predicted molar refractivity (Wildman–Crippen MR) is 233 cm³/mol. The molecule has 330 valence electrons. The largest absolute Gasteiger partial charge is 0.488 e. The van der Waals surface area contributed by atoms with E-state index in [0.29, 0.717) is 12.2 Å². The number of unbranched alkanes of at least 4 members (excludes halogenated alkanes) is 6. The Bertz CT molecular complexity index is 2000. The summed E-state index contributed by atoms with van der Waals surface area (Å²) in [5.41, 5.74) is 0.760. The quantitative estimate of drug-likeness (QED) is 0.0874. The van der Waals surface area contributed by atoms with E-state index in [4.69, 9.17) is 14.2 Å². The standard InChI is InChI=1S/C47H63F2N7O5/c1-5-7-9-11-13-43-47(58,24-12-10-8-6-2)56(35(3)4)45(57)55(43)39-17-15-37(16-18-39)52-25-27-53(28-26-52)38-19-21-40(22-20-38)59-30-44-60-32-46(61-44,31-54-34-50-33-51-54)41-23-14-36(48)29-42(41)49/h14-23,29,33-35,43-44,58H,5-13,24-28,30-32H2,1-4H3/t43?,44-,46+,47?/m0/s1. The minimum Gasteiger partial charge on any atom is -0.488 e. The third kappa shape index (κ3) is 9.97. The van der Waals surface area contributed by atoms with E-state index in [1.54, 1.807) is 4.90 Å². The predicted octanol–water partition coefficient (Wildman–Crippen LogP) is 8.88. The molecule has 3 saturated heterocycles. The SMILES string of the molecule is CCCCCCC1N(c2ccc(N3CCN(c4ccc(OC[C@H]5OC[C@](Cn6cncn6)(c6ccc(F)cc6F)O5)cc4)CC3)cc2)C(=O)N(C(C)C)C1(O)CCCCCC. The van der Waals surface area contributed by atoms with Crippen LogP contribution in [0.2, 0.25) is 0 Å². The van der Waals surface area contributed by atoms with Crippen molar-refractivity contribution in [2.24, 2.45) is 0 Å². The molecule has 12 nitrogen and oxygen atoms in total. The normalized spacial score (nSPS) is 23.2. The van der Waals surface area contributed by atoms with Crippen molar-refractivity contribution in [3.8, 4) is 5.75 Å². The van der Waals surface area contributed by atoms with Gasteiger partial charge in [0.05, 0.1) is 19.2 Å². The lowest BCUT2D eigenvalue weighted by molar-refractivity contribution is -0.117. The summed E-state index contributed by atoms with van der Waals surface area (Å²) in [4.78, 5) is 26.5. The maximum absolute atomic E-state index is 15.0. The van der Waals surface area contributed by atoms with E-state index < -0.39 is 29.3 Å². The third-order valence-electron chi connectivity index (χ3n) is 12.4. The second-order valence-corrected chi connectivity index (χ2v) is 17.0. The zero-order chi connectivity index (χ0) is 43.0. The molecule has 1 N–H and O–H groups in total. The lowest BCUT2D eigenvalue weighted by Gasteiger charge is -2.39. The van der Waals surface area contributed by atoms with Crippen LogP contribution in [0.1, 0.15) is 97.5 Å². The van der Waals surface area contributed by atoms with Crippen molar-refractivity contribution >= 4 is 23.1 Å². The van der Waals surface area contributed by atoms with E-state index in [-0.39, 0.29) is 43.4 Å². The maximum Gasteiger partial charge on any atom is 0.327 e. The second-order valence-electron chi connectivity index (χ2n) is 17.0. The molecule has 0 spiro atoms. The highest BCUT2D eigenvalue weighted by Gasteiger charge is 2.57. The Morgan fingerprint density at radius 3 is 2.10 bits per heavy atom. The van der Waals surface area contributed by atoms with E-state index in [2.05, 4.69) is 58.0 Å². The van der Waals surface area contributed by atoms with Crippen LogP contribution < -0.4 is 19.4 Å². The monoisotopic (exact) mass is 843 g/mol. The van der Waals surface area contributed by atoms with Crippen LogP contribution in [0.15, 0.2) is 79.4 Å². The number of halogens is 2. The zero-order valence-electron chi connectivity index (χ0n) is 36.2. The van der Waals surface area contributed by atoms with Gasteiger partial charge in [-0.25, -0.2) is 23.2 Å². The van der Waals surface area contributed by atoms with Gasteiger partial charge in [-0.05, 0) is 87.7 Å². The number of benzene rings is 3. The summed E-state index contributed by atoms with van der Waals surface area (Å²) in [6.07, 6.45) is 12.0. The van der Waals surface area contributed by atoms with Crippen LogP contribution in [0.5, 0.6) is 5.75 Å². The molecular weight excluding hydrogens is 781 g/mol. The first-order valence-corrected chi connectivity index (χ1v) is 22.3. The Hall–Kier alpha value is -4.79. The highest BCUT2D eigenvalue weighted by Crippen LogP contribution is 2.43. The molecular formula is C47H63F2N7O5. The van der Waals surface area contributed by atoms with Gasteiger partial charge in [0.25, 0.3) is 0 Å². The van der Waals surface area contributed by atoms with Gasteiger partial charge in [-0.15, -0.1) is 0 Å². The Morgan fingerprint density at radius 2 is 1.49 bits per heavy atom. The van der Waals surface area contributed by atoms with Crippen molar-refractivity contribution in [3.63, 3.8) is 0 Å². The fourth-order valence-electron chi connectivity index (χ4n) is 9.30. The molecule has 1 aromatic heterocycles. The number of hydrogen-bond donors (Lipinski definition) is 1. The van der Waals surface area contributed by atoms with Crippen LogP contribution in [0.4, 0.5) is 30.6 Å². The summed E-state index contributed by atoms with van der Waals surface area (Å²) in [5.74, 6) is -0.757. The van der Waals surface area contributed by atoms with E-state index >= 15 is 4.39 Å². The molecule has 3 aliphatic rings. The Morgan fingerprint density at radius 1 is 0.852 bits per heavy atom. The summed E-state index contributed by atoms with van der Waals surface area (Å²) in [6.45, 7) is 12.0. The number of piperazine rings is 1. The van der Waals surface area contributed by atoms with Crippen LogP contribution in [0.25, 0.3) is 0 Å². The lowest BCUT2D eigenvalue weighted by atomic mass is 9.91. The topological polar surface area (TPSA) is 109 Å². The second kappa shape index (κ2) is 19.9. The molecule has 3 fully saturated rings. The van der Waals surface area contributed by atoms with E-state index in [1.807, 2.05) is 43.0 Å². The number of carbonyl (C=O) groups is 1. The summed E-state index contributed by atoms with van der Waals surface area (Å²) < 4.78 is 48.6. The van der Waals surface area contributed by atoms with Gasteiger partial charge in [0.2, 0.25) is 0 Å². The summed E-state index contributed by atoms with van der Waals surface area (Å²) >= 11 is 0. The minimum atomic E-state index is -1.24.